The molecule has 0 bridgehead atoms. The first-order chi connectivity index (χ1) is 10.6. The van der Waals surface area contributed by atoms with Gasteiger partial charge < -0.3 is 14.6 Å². The quantitative estimate of drug-likeness (QED) is 0.796. The van der Waals surface area contributed by atoms with Crippen molar-refractivity contribution in [2.24, 2.45) is 11.3 Å². The summed E-state index contributed by atoms with van der Waals surface area (Å²) >= 11 is 0. The minimum atomic E-state index is -0.319. The van der Waals surface area contributed by atoms with Crippen molar-refractivity contribution in [3.8, 4) is 0 Å². The van der Waals surface area contributed by atoms with Gasteiger partial charge in [0.25, 0.3) is 0 Å². The van der Waals surface area contributed by atoms with Crippen LogP contribution in [0.1, 0.15) is 81.1 Å². The van der Waals surface area contributed by atoms with E-state index in [1.165, 1.54) is 6.42 Å². The van der Waals surface area contributed by atoms with Gasteiger partial charge in [-0.25, -0.2) is 0 Å². The molecule has 1 aliphatic heterocycles. The lowest BCUT2D eigenvalue weighted by Crippen LogP contribution is -2.48. The Morgan fingerprint density at radius 2 is 1.91 bits per heavy atom. The van der Waals surface area contributed by atoms with E-state index in [4.69, 9.17) is 9.31 Å². The number of rotatable bonds is 4. The van der Waals surface area contributed by atoms with Crippen LogP contribution in [0.15, 0.2) is 0 Å². The Labute approximate surface area is 143 Å². The van der Waals surface area contributed by atoms with Crippen LogP contribution in [0.5, 0.6) is 0 Å². The number of hydrogen-bond donors (Lipinski definition) is 1. The Morgan fingerprint density at radius 3 is 2.43 bits per heavy atom. The third-order valence-electron chi connectivity index (χ3n) is 4.72. The van der Waals surface area contributed by atoms with Crippen molar-refractivity contribution in [2.75, 3.05) is 0 Å². The van der Waals surface area contributed by atoms with E-state index in [1.807, 2.05) is 13.8 Å². The highest BCUT2D eigenvalue weighted by Crippen LogP contribution is 2.47. The zero-order valence-corrected chi connectivity index (χ0v) is 16.4. The van der Waals surface area contributed by atoms with E-state index in [2.05, 4.69) is 39.9 Å². The molecule has 1 saturated carbocycles. The molecule has 3 unspecified atom stereocenters. The minimum Gasteiger partial charge on any atom is -0.404 e. The maximum Gasteiger partial charge on any atom is 0.481 e. The molecule has 2 aliphatic rings. The summed E-state index contributed by atoms with van der Waals surface area (Å²) in [5.41, 5.74) is 0.0746. The van der Waals surface area contributed by atoms with Gasteiger partial charge in [0.05, 0.1) is 17.6 Å². The molecule has 0 aromatic heterocycles. The average Bonchev–Trinajstić information content (AvgIpc) is 2.74. The highest BCUT2D eigenvalue weighted by molar-refractivity contribution is 6.47. The molecule has 0 aromatic carbocycles. The number of nitrogens with one attached hydrogen (secondary N) is 1. The molecule has 1 N–H and O–H groups in total. The van der Waals surface area contributed by atoms with Gasteiger partial charge in [-0.3, -0.25) is 4.79 Å². The van der Waals surface area contributed by atoms with Crippen LogP contribution in [-0.2, 0) is 14.1 Å². The third kappa shape index (κ3) is 5.49. The zero-order chi connectivity index (χ0) is 17.8. The molecule has 3 atom stereocenters. The molecule has 2 fully saturated rings. The lowest BCUT2D eigenvalue weighted by Gasteiger charge is -2.43. The van der Waals surface area contributed by atoms with Gasteiger partial charge in [-0.2, -0.15) is 0 Å². The summed E-state index contributed by atoms with van der Waals surface area (Å²) in [7, 11) is -0.319. The molecule has 1 saturated heterocycles. The molecule has 0 radical (unpaired) electrons. The fourth-order valence-electron chi connectivity index (χ4n) is 3.95. The Balaban J connectivity index is 0.00000127. The summed E-state index contributed by atoms with van der Waals surface area (Å²) in [6.07, 6.45) is 4.23. The van der Waals surface area contributed by atoms with Crippen molar-refractivity contribution in [1.82, 2.24) is 5.32 Å². The predicted octanol–water partition coefficient (Wildman–Crippen LogP) is 3.98. The standard InChI is InChI=1S/C16H30BNO3.C2H6/c1-11(2)9-14(18-12(3)19)17-20-13-7-8-15(4,5)10-16(13,6)21-17;1-2/h11,13-14H,7-10H2,1-6H3,(H,18,19);1-2H3. The topological polar surface area (TPSA) is 47.6 Å². The van der Waals surface area contributed by atoms with Crippen molar-refractivity contribution < 1.29 is 14.1 Å². The average molecular weight is 325 g/mol. The van der Waals surface area contributed by atoms with Gasteiger partial charge >= 0.3 is 7.12 Å². The van der Waals surface area contributed by atoms with E-state index in [9.17, 15) is 4.79 Å². The summed E-state index contributed by atoms with van der Waals surface area (Å²) < 4.78 is 12.5. The summed E-state index contributed by atoms with van der Waals surface area (Å²) in [5, 5.41) is 3.01. The normalized spacial score (nSPS) is 30.3. The molecule has 1 aliphatic carbocycles. The molecule has 4 nitrogen and oxygen atoms in total. The molecular weight excluding hydrogens is 289 g/mol. The molecular formula is C18H36BNO3. The number of fused-ring (bicyclic) bond motifs is 1. The van der Waals surface area contributed by atoms with Gasteiger partial charge in [0.15, 0.2) is 0 Å². The molecule has 134 valence electrons. The number of amides is 1. The summed E-state index contributed by atoms with van der Waals surface area (Å²) in [5.74, 6) is 0.405. The van der Waals surface area contributed by atoms with Crippen molar-refractivity contribution in [1.29, 1.82) is 0 Å². The third-order valence-corrected chi connectivity index (χ3v) is 4.72. The van der Waals surface area contributed by atoms with Crippen LogP contribution in [0, 0.1) is 11.3 Å². The van der Waals surface area contributed by atoms with Gasteiger partial charge in [-0.05, 0) is 43.9 Å². The molecule has 5 heteroatoms. The van der Waals surface area contributed by atoms with Gasteiger partial charge in [0, 0.05) is 6.92 Å². The maximum absolute atomic E-state index is 11.5. The van der Waals surface area contributed by atoms with Crippen molar-refractivity contribution >= 4 is 13.0 Å². The highest BCUT2D eigenvalue weighted by Gasteiger charge is 2.55. The number of carbonyl (C=O) groups is 1. The van der Waals surface area contributed by atoms with Crippen LogP contribution in [0.4, 0.5) is 0 Å². The molecule has 0 aromatic rings. The molecule has 23 heavy (non-hydrogen) atoms. The zero-order valence-electron chi connectivity index (χ0n) is 16.4. The Bertz CT molecular complexity index is 400. The molecule has 1 heterocycles. The Hall–Kier alpha value is -0.545. The van der Waals surface area contributed by atoms with Crippen LogP contribution < -0.4 is 5.32 Å². The first-order valence-electron chi connectivity index (χ1n) is 9.22. The van der Waals surface area contributed by atoms with Crippen molar-refractivity contribution in [3.63, 3.8) is 0 Å². The second-order valence-electron chi connectivity index (χ2n) is 8.24. The van der Waals surface area contributed by atoms with Crippen LogP contribution in [-0.4, -0.2) is 30.7 Å². The van der Waals surface area contributed by atoms with E-state index in [-0.39, 0.29) is 30.7 Å². The minimum absolute atomic E-state index is 0.0202. The lowest BCUT2D eigenvalue weighted by molar-refractivity contribution is -0.119. The number of hydrogen-bond acceptors (Lipinski definition) is 3. The summed E-state index contributed by atoms with van der Waals surface area (Å²) in [6.45, 7) is 16.6. The maximum atomic E-state index is 11.5. The van der Waals surface area contributed by atoms with Crippen LogP contribution in [0.3, 0.4) is 0 Å². The molecule has 2 rings (SSSR count). The monoisotopic (exact) mass is 325 g/mol. The fraction of sp³-hybridized carbons (Fsp3) is 0.944. The summed E-state index contributed by atoms with van der Waals surface area (Å²) in [6, 6.07) is 0. The van der Waals surface area contributed by atoms with Gasteiger partial charge in [0.2, 0.25) is 5.91 Å². The van der Waals surface area contributed by atoms with Crippen LogP contribution in [0.2, 0.25) is 0 Å². The van der Waals surface area contributed by atoms with E-state index >= 15 is 0 Å². The highest BCUT2D eigenvalue weighted by atomic mass is 16.7. The fourth-order valence-corrected chi connectivity index (χ4v) is 3.95. The van der Waals surface area contributed by atoms with E-state index in [0.29, 0.717) is 11.3 Å². The van der Waals surface area contributed by atoms with Crippen LogP contribution in [0.25, 0.3) is 0 Å². The van der Waals surface area contributed by atoms with E-state index < -0.39 is 0 Å². The summed E-state index contributed by atoms with van der Waals surface area (Å²) in [4.78, 5) is 11.5. The van der Waals surface area contributed by atoms with Gasteiger partial charge in [-0.15, -0.1) is 0 Å². The van der Waals surface area contributed by atoms with Gasteiger partial charge in [-0.1, -0.05) is 41.5 Å². The van der Waals surface area contributed by atoms with E-state index in [1.54, 1.807) is 6.92 Å². The molecule has 0 spiro atoms. The first-order valence-corrected chi connectivity index (χ1v) is 9.22. The lowest BCUT2D eigenvalue weighted by atomic mass is 9.69. The SMILES string of the molecule is CC.CC(=O)NC(CC(C)C)B1OC2CCC(C)(C)CC2(C)O1. The smallest absolute Gasteiger partial charge is 0.404 e. The number of carbonyl (C=O) groups excluding carboxylic acids is 1. The largest absolute Gasteiger partial charge is 0.481 e. The Morgan fingerprint density at radius 1 is 1.30 bits per heavy atom. The second-order valence-corrected chi connectivity index (χ2v) is 8.24. The predicted molar refractivity (Wildman–Crippen MR) is 96.2 cm³/mol. The van der Waals surface area contributed by atoms with Gasteiger partial charge in [0.1, 0.15) is 0 Å². The molecule has 1 amide bonds. The van der Waals surface area contributed by atoms with E-state index in [0.717, 1.165) is 19.3 Å². The van der Waals surface area contributed by atoms with Crippen molar-refractivity contribution in [3.05, 3.63) is 0 Å². The first kappa shape index (κ1) is 20.5. The second kappa shape index (κ2) is 8.02. The van der Waals surface area contributed by atoms with Crippen LogP contribution >= 0.6 is 0 Å². The Kier molecular flexibility index (Phi) is 7.15. The van der Waals surface area contributed by atoms with Crippen molar-refractivity contribution in [2.45, 2.75) is 98.7 Å².